The molecule has 1 saturated carbocycles. The minimum atomic E-state index is -3.29. The topological polar surface area (TPSA) is 120 Å². The summed E-state index contributed by atoms with van der Waals surface area (Å²) in [6, 6.07) is 14.2. The zero-order chi connectivity index (χ0) is 28.3. The van der Waals surface area contributed by atoms with Gasteiger partial charge in [-0.2, -0.15) is 14.3 Å². The Balaban J connectivity index is 1.36. The highest BCUT2D eigenvalue weighted by atomic mass is 32.1. The quantitative estimate of drug-likeness (QED) is 0.126. The first-order chi connectivity index (χ1) is 19.2. The highest BCUT2D eigenvalue weighted by Crippen LogP contribution is 2.59. The molecule has 0 saturated heterocycles. The molecular weight excluding hydrogens is 546 g/mol. The van der Waals surface area contributed by atoms with Crippen LogP contribution in [-0.4, -0.2) is 69.5 Å². The van der Waals surface area contributed by atoms with Crippen LogP contribution < -0.4 is 10.1 Å². The van der Waals surface area contributed by atoms with Crippen molar-refractivity contribution in [3.05, 3.63) is 59.8 Å². The molecule has 2 aromatic carbocycles. The SMILES string of the molecule is CCN(CCCOc1ccc(-c2cccc(C(=O)NC3CC3)c2)c2c1[nH]c1ncc(C)cc12)CCO[P+](O)(O)P. The number of pyridine rings is 1. The number of carbonyl (C=O) groups is 1. The van der Waals surface area contributed by atoms with Crippen molar-refractivity contribution < 1.29 is 23.8 Å². The van der Waals surface area contributed by atoms with Crippen molar-refractivity contribution in [1.29, 1.82) is 0 Å². The smallest absolute Gasteiger partial charge is 0.416 e. The molecular formula is C29H37N4O5P2+. The number of hydrogen-bond acceptors (Lipinski definition) is 7. The summed E-state index contributed by atoms with van der Waals surface area (Å²) in [7, 11) is -1.34. The van der Waals surface area contributed by atoms with Gasteiger partial charge in [0.1, 0.15) is 26.9 Å². The fourth-order valence-electron chi connectivity index (χ4n) is 4.85. The van der Waals surface area contributed by atoms with Gasteiger partial charge in [0.05, 0.1) is 12.1 Å². The number of ether oxygens (including phenoxy) is 1. The molecule has 0 bridgehead atoms. The van der Waals surface area contributed by atoms with Gasteiger partial charge >= 0.3 is 7.63 Å². The standard InChI is InChI=1S/C29H36N4O5P2/c1-3-33(13-15-38-40(35,36)39)12-5-14-37-25-11-10-23(26-24-16-19(2)18-30-28(24)32-27(25)26)20-6-4-7-21(17-20)29(34)31-22-8-9-22/h4,6-7,10-11,16-18,22,35-36H,3,5,8-9,12-15,39H2,1-2H3,(H-,30,31,32,34)/p+1. The zero-order valence-electron chi connectivity index (χ0n) is 22.9. The van der Waals surface area contributed by atoms with Crippen LogP contribution in [0.5, 0.6) is 5.75 Å². The zero-order valence-corrected chi connectivity index (χ0v) is 24.9. The van der Waals surface area contributed by atoms with Gasteiger partial charge in [-0.15, -0.1) is 0 Å². The lowest BCUT2D eigenvalue weighted by Gasteiger charge is -2.20. The van der Waals surface area contributed by atoms with E-state index in [9.17, 15) is 14.6 Å². The molecule has 1 unspecified atom stereocenters. The number of rotatable bonds is 13. The van der Waals surface area contributed by atoms with Crippen LogP contribution in [0.15, 0.2) is 48.7 Å². The number of H-pyrrole nitrogens is 1. The average molecular weight is 584 g/mol. The molecule has 1 aliphatic rings. The van der Waals surface area contributed by atoms with E-state index < -0.39 is 7.63 Å². The number of aromatic amines is 1. The number of fused-ring (bicyclic) bond motifs is 3. The van der Waals surface area contributed by atoms with Gasteiger partial charge in [-0.3, -0.25) is 4.79 Å². The van der Waals surface area contributed by atoms with Crippen molar-refractivity contribution in [2.24, 2.45) is 0 Å². The van der Waals surface area contributed by atoms with Crippen molar-refractivity contribution in [3.8, 4) is 16.9 Å². The molecule has 1 atom stereocenters. The number of carbonyl (C=O) groups excluding carboxylic acids is 1. The van der Waals surface area contributed by atoms with Gasteiger partial charge in [-0.05, 0) is 79.8 Å². The second kappa shape index (κ2) is 12.5. The number of hydrogen-bond donors (Lipinski definition) is 4. The third-order valence-corrected chi connectivity index (χ3v) is 8.07. The molecule has 11 heteroatoms. The number of benzene rings is 2. The van der Waals surface area contributed by atoms with E-state index in [0.717, 1.165) is 76.7 Å². The molecule has 40 heavy (non-hydrogen) atoms. The van der Waals surface area contributed by atoms with Crippen LogP contribution in [0.4, 0.5) is 0 Å². The summed E-state index contributed by atoms with van der Waals surface area (Å²) in [6.45, 7) is 7.10. The molecule has 212 valence electrons. The monoisotopic (exact) mass is 583 g/mol. The molecule has 0 radical (unpaired) electrons. The van der Waals surface area contributed by atoms with Crippen LogP contribution in [0.1, 0.15) is 42.1 Å². The van der Waals surface area contributed by atoms with Gasteiger partial charge in [0.25, 0.3) is 5.91 Å². The number of nitrogens with one attached hydrogen (secondary N) is 2. The molecule has 2 heterocycles. The van der Waals surface area contributed by atoms with Crippen LogP contribution in [0, 0.1) is 6.92 Å². The molecule has 5 rings (SSSR count). The highest BCUT2D eigenvalue weighted by molar-refractivity contribution is 8.15. The lowest BCUT2D eigenvalue weighted by molar-refractivity contribution is 0.0951. The summed E-state index contributed by atoms with van der Waals surface area (Å²) in [5, 5.41) is 5.11. The highest BCUT2D eigenvalue weighted by Gasteiger charge is 2.27. The molecule has 1 aliphatic carbocycles. The van der Waals surface area contributed by atoms with Crippen molar-refractivity contribution >= 4 is 44.4 Å². The van der Waals surface area contributed by atoms with Crippen LogP contribution in [0.25, 0.3) is 33.1 Å². The van der Waals surface area contributed by atoms with Crippen molar-refractivity contribution in [2.45, 2.75) is 39.2 Å². The van der Waals surface area contributed by atoms with E-state index in [1.54, 1.807) is 0 Å². The average Bonchev–Trinajstić information content (AvgIpc) is 3.66. The third-order valence-electron chi connectivity index (χ3n) is 7.06. The summed E-state index contributed by atoms with van der Waals surface area (Å²) >= 11 is 0. The summed E-state index contributed by atoms with van der Waals surface area (Å²) in [5.74, 6) is 0.716. The lowest BCUT2D eigenvalue weighted by atomic mass is 9.97. The molecule has 0 spiro atoms. The Morgan fingerprint density at radius 3 is 2.77 bits per heavy atom. The Kier molecular flexibility index (Phi) is 9.01. The van der Waals surface area contributed by atoms with E-state index in [4.69, 9.17) is 9.26 Å². The van der Waals surface area contributed by atoms with E-state index in [1.807, 2.05) is 52.4 Å². The van der Waals surface area contributed by atoms with E-state index in [-0.39, 0.29) is 12.5 Å². The van der Waals surface area contributed by atoms with Crippen LogP contribution >= 0.6 is 16.6 Å². The fourth-order valence-corrected chi connectivity index (χ4v) is 5.52. The molecule has 4 N–H and O–H groups in total. The van der Waals surface area contributed by atoms with Crippen LogP contribution in [0.2, 0.25) is 0 Å². The van der Waals surface area contributed by atoms with Crippen LogP contribution in [-0.2, 0) is 4.52 Å². The Bertz CT molecular complexity index is 1500. The predicted octanol–water partition coefficient (Wildman–Crippen LogP) is 5.23. The van der Waals surface area contributed by atoms with Gasteiger partial charge < -0.3 is 19.9 Å². The predicted molar refractivity (Wildman–Crippen MR) is 164 cm³/mol. The largest absolute Gasteiger partial charge is 0.491 e. The van der Waals surface area contributed by atoms with Gasteiger partial charge in [0, 0.05) is 41.7 Å². The first-order valence-electron chi connectivity index (χ1n) is 13.7. The van der Waals surface area contributed by atoms with E-state index in [0.29, 0.717) is 24.8 Å². The molecule has 4 aromatic rings. The van der Waals surface area contributed by atoms with Crippen molar-refractivity contribution in [3.63, 3.8) is 0 Å². The first kappa shape index (κ1) is 28.9. The van der Waals surface area contributed by atoms with E-state index in [1.165, 1.54) is 0 Å². The Morgan fingerprint density at radius 1 is 1.20 bits per heavy atom. The summed E-state index contributed by atoms with van der Waals surface area (Å²) in [4.78, 5) is 41.8. The van der Waals surface area contributed by atoms with Gasteiger partial charge in [0.2, 0.25) is 0 Å². The van der Waals surface area contributed by atoms with Gasteiger partial charge in [-0.25, -0.2) is 4.98 Å². The second-order valence-electron chi connectivity index (χ2n) is 10.3. The molecule has 2 aromatic heterocycles. The van der Waals surface area contributed by atoms with Gasteiger partial charge in [0.15, 0.2) is 0 Å². The molecule has 0 aliphatic heterocycles. The minimum Gasteiger partial charge on any atom is -0.491 e. The molecule has 1 amide bonds. The summed E-state index contributed by atoms with van der Waals surface area (Å²) in [5.41, 5.74) is 5.37. The van der Waals surface area contributed by atoms with Crippen molar-refractivity contribution in [1.82, 2.24) is 20.2 Å². The molecule has 9 nitrogen and oxygen atoms in total. The maximum absolute atomic E-state index is 12.7. The Hall–Kier alpha value is -2.64. The lowest BCUT2D eigenvalue weighted by Crippen LogP contribution is -2.29. The first-order valence-corrected chi connectivity index (χ1v) is 16.9. The van der Waals surface area contributed by atoms with E-state index >= 15 is 0 Å². The summed E-state index contributed by atoms with van der Waals surface area (Å²) in [6.07, 6.45) is 4.74. The number of aromatic nitrogens is 2. The Morgan fingerprint density at radius 2 is 2.02 bits per heavy atom. The fraction of sp³-hybridized carbons (Fsp3) is 0.379. The molecule has 1 fully saturated rings. The van der Waals surface area contributed by atoms with Crippen LogP contribution in [0.3, 0.4) is 0 Å². The normalized spacial score (nSPS) is 13.8. The maximum Gasteiger partial charge on any atom is 0.416 e. The second-order valence-corrected chi connectivity index (χ2v) is 13.7. The number of likely N-dealkylation sites (N-methyl/N-ethyl adjacent to an activating group) is 1. The number of amides is 1. The summed E-state index contributed by atoms with van der Waals surface area (Å²) < 4.78 is 11.4. The Labute approximate surface area is 237 Å². The third kappa shape index (κ3) is 7.16. The number of aryl methyl sites for hydroxylation is 1. The van der Waals surface area contributed by atoms with E-state index in [2.05, 4.69) is 39.2 Å². The van der Waals surface area contributed by atoms with Crippen molar-refractivity contribution in [2.75, 3.05) is 32.8 Å². The minimum absolute atomic E-state index is 0.0352. The number of nitrogens with zero attached hydrogens (tertiary/aromatic N) is 2. The maximum atomic E-state index is 12.7. The van der Waals surface area contributed by atoms with Gasteiger partial charge in [-0.1, -0.05) is 19.1 Å².